The van der Waals surface area contributed by atoms with E-state index in [9.17, 15) is 4.39 Å². The Hall–Kier alpha value is -1.38. The number of hydrogen-bond donors (Lipinski definition) is 1. The van der Waals surface area contributed by atoms with Crippen molar-refractivity contribution in [1.82, 2.24) is 5.32 Å². The monoisotopic (exact) mass is 291 g/mol. The van der Waals surface area contributed by atoms with Gasteiger partial charge in [0.05, 0.1) is 5.02 Å². The molecule has 0 aliphatic heterocycles. The Morgan fingerprint density at radius 1 is 1.15 bits per heavy atom. The maximum atomic E-state index is 13.4. The predicted octanol–water partition coefficient (Wildman–Crippen LogP) is 5.03. The highest BCUT2D eigenvalue weighted by Crippen LogP contribution is 2.19. The van der Waals surface area contributed by atoms with Crippen LogP contribution in [-0.4, -0.2) is 0 Å². The van der Waals surface area contributed by atoms with Gasteiger partial charge in [0.15, 0.2) is 0 Å². The van der Waals surface area contributed by atoms with Crippen molar-refractivity contribution < 1.29 is 4.39 Å². The lowest BCUT2D eigenvalue weighted by Crippen LogP contribution is -2.20. The summed E-state index contributed by atoms with van der Waals surface area (Å²) in [7, 11) is 0. The largest absolute Gasteiger partial charge is 0.306 e. The number of rotatable bonds is 5. The smallest absolute Gasteiger partial charge is 0.142 e. The third kappa shape index (κ3) is 3.81. The van der Waals surface area contributed by atoms with E-state index in [-0.39, 0.29) is 16.9 Å². The van der Waals surface area contributed by atoms with Crippen LogP contribution in [0.25, 0.3) is 0 Å². The second-order valence-corrected chi connectivity index (χ2v) is 5.41. The molecular weight excluding hydrogens is 273 g/mol. The summed E-state index contributed by atoms with van der Waals surface area (Å²) in [4.78, 5) is 0. The topological polar surface area (TPSA) is 12.0 Å². The summed E-state index contributed by atoms with van der Waals surface area (Å²) in [5.74, 6) is -0.366. The first-order chi connectivity index (χ1) is 9.60. The van der Waals surface area contributed by atoms with Gasteiger partial charge in [-0.1, -0.05) is 54.4 Å². The minimum absolute atomic E-state index is 0.166. The van der Waals surface area contributed by atoms with Gasteiger partial charge in [-0.15, -0.1) is 0 Å². The van der Waals surface area contributed by atoms with Crippen LogP contribution >= 0.6 is 11.6 Å². The van der Waals surface area contributed by atoms with Gasteiger partial charge < -0.3 is 5.32 Å². The molecule has 2 aromatic carbocycles. The molecule has 0 amide bonds. The van der Waals surface area contributed by atoms with Gasteiger partial charge in [0.1, 0.15) is 5.82 Å². The van der Waals surface area contributed by atoms with E-state index < -0.39 is 0 Å². The zero-order valence-electron chi connectivity index (χ0n) is 11.8. The molecular formula is C17H19ClFN. The van der Waals surface area contributed by atoms with Crippen molar-refractivity contribution in [1.29, 1.82) is 0 Å². The van der Waals surface area contributed by atoms with Crippen LogP contribution in [0.5, 0.6) is 0 Å². The van der Waals surface area contributed by atoms with Crippen LogP contribution < -0.4 is 5.32 Å². The predicted molar refractivity (Wildman–Crippen MR) is 82.5 cm³/mol. The second kappa shape index (κ2) is 6.87. The molecule has 0 spiro atoms. The molecule has 0 radical (unpaired) electrons. The van der Waals surface area contributed by atoms with Crippen molar-refractivity contribution >= 4 is 11.6 Å². The van der Waals surface area contributed by atoms with Gasteiger partial charge in [0, 0.05) is 12.6 Å². The number of nitrogens with one attached hydrogen (secondary N) is 1. The molecule has 0 bridgehead atoms. The molecule has 2 rings (SSSR count). The second-order valence-electron chi connectivity index (χ2n) is 5.00. The Kier molecular flexibility index (Phi) is 5.16. The first-order valence-corrected chi connectivity index (χ1v) is 7.22. The summed E-state index contributed by atoms with van der Waals surface area (Å²) in [5.41, 5.74) is 3.41. The molecule has 1 atom stereocenters. The third-order valence-electron chi connectivity index (χ3n) is 3.42. The van der Waals surface area contributed by atoms with Crippen LogP contribution in [0.4, 0.5) is 4.39 Å². The zero-order chi connectivity index (χ0) is 14.5. The van der Waals surface area contributed by atoms with Crippen molar-refractivity contribution in [2.24, 2.45) is 0 Å². The molecule has 2 aromatic rings. The minimum atomic E-state index is -0.366. The van der Waals surface area contributed by atoms with Gasteiger partial charge in [0.2, 0.25) is 0 Å². The Labute approximate surface area is 124 Å². The van der Waals surface area contributed by atoms with Crippen LogP contribution in [0.15, 0.2) is 42.5 Å². The molecule has 1 unspecified atom stereocenters. The molecule has 1 N–H and O–H groups in total. The molecule has 0 saturated heterocycles. The first-order valence-electron chi connectivity index (χ1n) is 6.84. The standard InChI is InChI=1S/C17H19ClFN/c1-3-17(14-7-4-12(2)5-8-14)20-11-13-6-9-15(18)16(19)10-13/h4-10,17,20H,3,11H2,1-2H3. The number of benzene rings is 2. The minimum Gasteiger partial charge on any atom is -0.306 e. The fourth-order valence-electron chi connectivity index (χ4n) is 2.19. The average molecular weight is 292 g/mol. The van der Waals surface area contributed by atoms with E-state index in [4.69, 9.17) is 11.6 Å². The van der Waals surface area contributed by atoms with E-state index in [1.165, 1.54) is 17.2 Å². The fraction of sp³-hybridized carbons (Fsp3) is 0.294. The van der Waals surface area contributed by atoms with Gasteiger partial charge in [0.25, 0.3) is 0 Å². The van der Waals surface area contributed by atoms with Gasteiger partial charge in [-0.25, -0.2) is 4.39 Å². The van der Waals surface area contributed by atoms with E-state index in [1.54, 1.807) is 6.07 Å². The molecule has 20 heavy (non-hydrogen) atoms. The highest BCUT2D eigenvalue weighted by Gasteiger charge is 2.09. The molecule has 3 heteroatoms. The highest BCUT2D eigenvalue weighted by atomic mass is 35.5. The average Bonchev–Trinajstić information content (AvgIpc) is 2.45. The van der Waals surface area contributed by atoms with Crippen molar-refractivity contribution in [2.75, 3.05) is 0 Å². The normalized spacial score (nSPS) is 12.4. The summed E-state index contributed by atoms with van der Waals surface area (Å²) < 4.78 is 13.4. The number of aryl methyl sites for hydroxylation is 1. The molecule has 1 nitrogen and oxygen atoms in total. The van der Waals surface area contributed by atoms with Crippen LogP contribution in [0, 0.1) is 12.7 Å². The van der Waals surface area contributed by atoms with Gasteiger partial charge >= 0.3 is 0 Å². The molecule has 0 aliphatic carbocycles. The fourth-order valence-corrected chi connectivity index (χ4v) is 2.30. The van der Waals surface area contributed by atoms with Crippen molar-refractivity contribution in [3.8, 4) is 0 Å². The van der Waals surface area contributed by atoms with Crippen molar-refractivity contribution in [3.05, 3.63) is 70.0 Å². The Balaban J connectivity index is 2.03. The summed E-state index contributed by atoms with van der Waals surface area (Å²) >= 11 is 5.69. The van der Waals surface area contributed by atoms with E-state index in [0.29, 0.717) is 6.54 Å². The quantitative estimate of drug-likeness (QED) is 0.815. The summed E-state index contributed by atoms with van der Waals surface area (Å²) in [6, 6.07) is 13.7. The zero-order valence-corrected chi connectivity index (χ0v) is 12.5. The number of hydrogen-bond acceptors (Lipinski definition) is 1. The van der Waals surface area contributed by atoms with E-state index in [2.05, 4.69) is 43.4 Å². The molecule has 0 aromatic heterocycles. The van der Waals surface area contributed by atoms with Crippen molar-refractivity contribution in [3.63, 3.8) is 0 Å². The molecule has 0 fully saturated rings. The lowest BCUT2D eigenvalue weighted by atomic mass is 10.0. The lowest BCUT2D eigenvalue weighted by molar-refractivity contribution is 0.517. The summed E-state index contributed by atoms with van der Waals surface area (Å²) in [6.07, 6.45) is 0.985. The molecule has 0 aliphatic rings. The van der Waals surface area contributed by atoms with Crippen LogP contribution in [0.1, 0.15) is 36.1 Å². The third-order valence-corrected chi connectivity index (χ3v) is 3.73. The first kappa shape index (κ1) is 15.0. The Bertz CT molecular complexity index is 566. The van der Waals surface area contributed by atoms with Crippen molar-refractivity contribution in [2.45, 2.75) is 32.9 Å². The van der Waals surface area contributed by atoms with E-state index in [0.717, 1.165) is 12.0 Å². The van der Waals surface area contributed by atoms with E-state index >= 15 is 0 Å². The van der Waals surface area contributed by atoms with Crippen LogP contribution in [0.2, 0.25) is 5.02 Å². The van der Waals surface area contributed by atoms with Gasteiger partial charge in [-0.2, -0.15) is 0 Å². The van der Waals surface area contributed by atoms with Crippen LogP contribution in [-0.2, 0) is 6.54 Å². The van der Waals surface area contributed by atoms with E-state index in [1.807, 2.05) is 6.07 Å². The molecule has 0 saturated carbocycles. The summed E-state index contributed by atoms with van der Waals surface area (Å²) in [5, 5.41) is 3.62. The maximum absolute atomic E-state index is 13.4. The SMILES string of the molecule is CCC(NCc1ccc(Cl)c(F)c1)c1ccc(C)cc1. The number of halogens is 2. The maximum Gasteiger partial charge on any atom is 0.142 e. The molecule has 0 heterocycles. The lowest BCUT2D eigenvalue weighted by Gasteiger charge is -2.18. The van der Waals surface area contributed by atoms with Gasteiger partial charge in [-0.05, 0) is 36.6 Å². The molecule has 106 valence electrons. The highest BCUT2D eigenvalue weighted by molar-refractivity contribution is 6.30. The Morgan fingerprint density at radius 3 is 2.45 bits per heavy atom. The summed E-state index contributed by atoms with van der Waals surface area (Å²) in [6.45, 7) is 4.84. The Morgan fingerprint density at radius 2 is 1.85 bits per heavy atom. The van der Waals surface area contributed by atoms with Crippen LogP contribution in [0.3, 0.4) is 0 Å². The van der Waals surface area contributed by atoms with Gasteiger partial charge in [-0.3, -0.25) is 0 Å².